The summed E-state index contributed by atoms with van der Waals surface area (Å²) in [6.45, 7) is 1.06. The summed E-state index contributed by atoms with van der Waals surface area (Å²) in [5.74, 6) is -47.2. The van der Waals surface area contributed by atoms with E-state index in [9.17, 15) is 70.7 Å². The highest BCUT2D eigenvalue weighted by Gasteiger charge is 2.92. The molecule has 186 valence electrons. The van der Waals surface area contributed by atoms with Crippen LogP contribution >= 0.6 is 0 Å². The second-order valence-electron chi connectivity index (χ2n) is 5.85. The first-order valence-corrected chi connectivity index (χ1v) is 7.70. The van der Waals surface area contributed by atoms with Gasteiger partial charge < -0.3 is 10.1 Å². The van der Waals surface area contributed by atoms with Gasteiger partial charge in [0.15, 0.2) is 0 Å². The van der Waals surface area contributed by atoms with E-state index in [1.54, 1.807) is 0 Å². The number of alkyl halides is 15. The molecule has 0 aromatic rings. The van der Waals surface area contributed by atoms with E-state index >= 15 is 0 Å². The predicted octanol–water partition coefficient (Wildman–Crippen LogP) is 5.89. The SMILES string of the molecule is CCCCNC(=O)OC(F)C(F)(F)C(F)(F)C(F)(F)C(F)(F)C(F)(F)C(F)(F)C(F)F. The summed E-state index contributed by atoms with van der Waals surface area (Å²) in [4.78, 5) is 10.9. The maximum Gasteiger partial charge on any atom is 0.409 e. The minimum absolute atomic E-state index is 0.0797. The fourth-order valence-electron chi connectivity index (χ4n) is 1.67. The first-order valence-electron chi connectivity index (χ1n) is 7.70. The van der Waals surface area contributed by atoms with Crippen molar-refractivity contribution in [2.75, 3.05) is 6.54 Å². The Morgan fingerprint density at radius 1 is 0.742 bits per heavy atom. The van der Waals surface area contributed by atoms with Gasteiger partial charge in [-0.25, -0.2) is 13.6 Å². The Labute approximate surface area is 162 Å². The minimum atomic E-state index is -8.28. The number of nitrogens with one attached hydrogen (secondary N) is 1. The molecule has 0 spiro atoms. The van der Waals surface area contributed by atoms with E-state index in [4.69, 9.17) is 0 Å². The van der Waals surface area contributed by atoms with Gasteiger partial charge in [0, 0.05) is 6.54 Å². The average molecular weight is 499 g/mol. The van der Waals surface area contributed by atoms with Crippen molar-refractivity contribution in [3.63, 3.8) is 0 Å². The molecule has 0 aromatic heterocycles. The zero-order valence-electron chi connectivity index (χ0n) is 14.8. The van der Waals surface area contributed by atoms with Gasteiger partial charge in [-0.15, -0.1) is 0 Å². The molecule has 0 aliphatic heterocycles. The summed E-state index contributed by atoms with van der Waals surface area (Å²) < 4.78 is 198. The predicted molar refractivity (Wildman–Crippen MR) is 70.0 cm³/mol. The molecule has 0 heterocycles. The third-order valence-electron chi connectivity index (χ3n) is 3.59. The molecular formula is C13H12F15NO2. The van der Waals surface area contributed by atoms with Crippen molar-refractivity contribution in [2.24, 2.45) is 0 Å². The fourth-order valence-corrected chi connectivity index (χ4v) is 1.67. The highest BCUT2D eigenvalue weighted by atomic mass is 19.4. The molecule has 1 amide bonds. The summed E-state index contributed by atoms with van der Waals surface area (Å²) in [5, 5.41) is 1.45. The first-order chi connectivity index (χ1) is 13.6. The van der Waals surface area contributed by atoms with Crippen molar-refractivity contribution < 1.29 is 75.4 Å². The molecule has 0 radical (unpaired) electrons. The molecule has 0 saturated heterocycles. The average Bonchev–Trinajstić information content (AvgIpc) is 2.60. The Morgan fingerprint density at radius 2 is 1.13 bits per heavy atom. The molecule has 1 N–H and O–H groups in total. The van der Waals surface area contributed by atoms with Gasteiger partial charge in [0.25, 0.3) is 0 Å². The maximum absolute atomic E-state index is 13.4. The minimum Gasteiger partial charge on any atom is -0.408 e. The van der Waals surface area contributed by atoms with E-state index in [1.165, 1.54) is 12.2 Å². The molecule has 0 aliphatic rings. The molecule has 0 aromatic carbocycles. The molecule has 0 aliphatic carbocycles. The highest BCUT2D eigenvalue weighted by molar-refractivity contribution is 5.67. The molecule has 31 heavy (non-hydrogen) atoms. The van der Waals surface area contributed by atoms with E-state index in [0.29, 0.717) is 6.42 Å². The van der Waals surface area contributed by atoms with E-state index in [1.807, 2.05) is 0 Å². The number of hydrogen-bond acceptors (Lipinski definition) is 2. The lowest BCUT2D eigenvalue weighted by Crippen LogP contribution is -2.72. The standard InChI is InChI=1S/C13H12F15NO2/c1-2-3-4-29-7(30)31-6(16)9(19,20)11(23,24)13(27,28)12(25,26)10(21,22)8(17,18)5(14)15/h5-6H,2-4H2,1H3,(H,29,30). The summed E-state index contributed by atoms with van der Waals surface area (Å²) >= 11 is 0. The van der Waals surface area contributed by atoms with Crippen LogP contribution in [0.15, 0.2) is 0 Å². The smallest absolute Gasteiger partial charge is 0.408 e. The summed E-state index contributed by atoms with van der Waals surface area (Å²) in [5.41, 5.74) is 0. The van der Waals surface area contributed by atoms with Crippen LogP contribution in [0.2, 0.25) is 0 Å². The number of hydrogen-bond donors (Lipinski definition) is 1. The van der Waals surface area contributed by atoms with Crippen molar-refractivity contribution in [2.45, 2.75) is 68.1 Å². The Kier molecular flexibility index (Phi) is 8.48. The summed E-state index contributed by atoms with van der Waals surface area (Å²) in [7, 11) is 0. The van der Waals surface area contributed by atoms with Crippen LogP contribution in [0.1, 0.15) is 19.8 Å². The van der Waals surface area contributed by atoms with E-state index < -0.39 is 61.0 Å². The lowest BCUT2D eigenvalue weighted by atomic mass is 9.91. The second kappa shape index (κ2) is 8.99. The van der Waals surface area contributed by atoms with E-state index in [0.717, 1.165) is 0 Å². The van der Waals surface area contributed by atoms with Gasteiger partial charge in [-0.2, -0.15) is 57.1 Å². The number of halogens is 15. The Bertz CT molecular complexity index is 622. The van der Waals surface area contributed by atoms with Crippen LogP contribution in [0, 0.1) is 0 Å². The molecular weight excluding hydrogens is 487 g/mol. The van der Waals surface area contributed by atoms with Gasteiger partial charge in [0.2, 0.25) is 0 Å². The highest BCUT2D eigenvalue weighted by Crippen LogP contribution is 2.61. The van der Waals surface area contributed by atoms with Crippen molar-refractivity contribution in [3.05, 3.63) is 0 Å². The van der Waals surface area contributed by atoms with E-state index in [2.05, 4.69) is 4.74 Å². The first kappa shape index (κ1) is 29.2. The normalized spacial score (nSPS) is 15.8. The van der Waals surface area contributed by atoms with Crippen molar-refractivity contribution in [3.8, 4) is 0 Å². The Hall–Kier alpha value is -1.78. The Morgan fingerprint density at radius 3 is 1.48 bits per heavy atom. The number of amides is 1. The lowest BCUT2D eigenvalue weighted by Gasteiger charge is -2.41. The molecule has 1 atom stereocenters. The topological polar surface area (TPSA) is 38.3 Å². The third kappa shape index (κ3) is 4.70. The van der Waals surface area contributed by atoms with Gasteiger partial charge in [-0.1, -0.05) is 13.3 Å². The van der Waals surface area contributed by atoms with Crippen LogP contribution in [0.3, 0.4) is 0 Å². The third-order valence-corrected chi connectivity index (χ3v) is 3.59. The van der Waals surface area contributed by atoms with Crippen LogP contribution in [0.5, 0.6) is 0 Å². The van der Waals surface area contributed by atoms with Crippen LogP contribution in [-0.2, 0) is 4.74 Å². The van der Waals surface area contributed by atoms with Crippen molar-refractivity contribution >= 4 is 6.09 Å². The number of ether oxygens (including phenoxy) is 1. The molecule has 0 bridgehead atoms. The van der Waals surface area contributed by atoms with Crippen LogP contribution in [0.25, 0.3) is 0 Å². The van der Waals surface area contributed by atoms with Gasteiger partial charge in [-0.05, 0) is 6.42 Å². The maximum atomic E-state index is 13.4. The van der Waals surface area contributed by atoms with Crippen molar-refractivity contribution in [1.29, 1.82) is 0 Å². The Balaban J connectivity index is 6.06. The quantitative estimate of drug-likeness (QED) is 0.285. The van der Waals surface area contributed by atoms with Gasteiger partial charge in [-0.3, -0.25) is 0 Å². The molecule has 0 fully saturated rings. The summed E-state index contributed by atoms with van der Waals surface area (Å²) in [6.07, 6.45) is -12.9. The monoisotopic (exact) mass is 499 g/mol. The van der Waals surface area contributed by atoms with Gasteiger partial charge in [0.05, 0.1) is 0 Å². The summed E-state index contributed by atoms with van der Waals surface area (Å²) in [6, 6.07) is 0. The number of carbonyl (C=O) groups is 1. The van der Waals surface area contributed by atoms with Crippen LogP contribution in [0.4, 0.5) is 70.7 Å². The molecule has 1 unspecified atom stereocenters. The molecule has 0 rings (SSSR count). The van der Waals surface area contributed by atoms with Crippen molar-refractivity contribution in [1.82, 2.24) is 5.32 Å². The van der Waals surface area contributed by atoms with E-state index in [-0.39, 0.29) is 6.42 Å². The van der Waals surface area contributed by atoms with Crippen LogP contribution in [-0.4, -0.2) is 61.0 Å². The lowest BCUT2D eigenvalue weighted by molar-refractivity contribution is -0.441. The van der Waals surface area contributed by atoms with Gasteiger partial charge in [0.1, 0.15) is 0 Å². The number of rotatable bonds is 11. The zero-order valence-corrected chi connectivity index (χ0v) is 14.8. The number of unbranched alkanes of at least 4 members (excludes halogenated alkanes) is 1. The van der Waals surface area contributed by atoms with Crippen LogP contribution < -0.4 is 5.32 Å². The largest absolute Gasteiger partial charge is 0.409 e. The number of carbonyl (C=O) groups excluding carboxylic acids is 1. The fraction of sp³-hybridized carbons (Fsp3) is 0.923. The molecule has 3 nitrogen and oxygen atoms in total. The van der Waals surface area contributed by atoms with Gasteiger partial charge >= 0.3 is 54.4 Å². The molecule has 18 heteroatoms. The number of alkyl carbamates (subject to hydrolysis) is 1. The molecule has 0 saturated carbocycles. The second-order valence-corrected chi connectivity index (χ2v) is 5.85. The zero-order chi connectivity index (χ0) is 25.3.